The number of fused-ring (bicyclic) bond motifs is 1. The lowest BCUT2D eigenvalue weighted by Crippen LogP contribution is -2.35. The number of nitro groups is 1. The lowest BCUT2D eigenvalue weighted by Gasteiger charge is -2.24. The number of nitro benzene ring substituents is 1. The lowest BCUT2D eigenvalue weighted by atomic mass is 10.1. The van der Waals surface area contributed by atoms with Gasteiger partial charge in [0, 0.05) is 44.4 Å². The molecule has 1 aromatic heterocycles. The van der Waals surface area contributed by atoms with Crippen LogP contribution >= 0.6 is 0 Å². The van der Waals surface area contributed by atoms with Gasteiger partial charge in [0.05, 0.1) is 17.2 Å². The van der Waals surface area contributed by atoms with Crippen LogP contribution in [0.4, 0.5) is 26.8 Å². The van der Waals surface area contributed by atoms with Gasteiger partial charge in [-0.1, -0.05) is 0 Å². The molecule has 30 heavy (non-hydrogen) atoms. The average molecular weight is 418 g/mol. The Bertz CT molecular complexity index is 1060. The zero-order valence-corrected chi connectivity index (χ0v) is 16.0. The van der Waals surface area contributed by atoms with Crippen LogP contribution in [-0.2, 0) is 13.0 Å². The summed E-state index contributed by atoms with van der Waals surface area (Å²) in [7, 11) is 3.38. The summed E-state index contributed by atoms with van der Waals surface area (Å²) in [6, 6.07) is 4.05. The smallest absolute Gasteiger partial charge is 0.432 e. The van der Waals surface area contributed by atoms with Crippen LogP contribution in [-0.4, -0.2) is 68.6 Å². The maximum absolute atomic E-state index is 12.7. The molecule has 2 aromatic rings. The third kappa shape index (κ3) is 3.72. The number of benzene rings is 1. The average Bonchev–Trinajstić information content (AvgIpc) is 3.05. The minimum atomic E-state index is -1.39. The molecule has 0 bridgehead atoms. The summed E-state index contributed by atoms with van der Waals surface area (Å²) in [4.78, 5) is 48.9. The minimum absolute atomic E-state index is 0.0756. The van der Waals surface area contributed by atoms with Gasteiger partial charge in [-0.05, 0) is 12.1 Å². The minimum Gasteiger partial charge on any atom is -0.465 e. The number of nitrogens with one attached hydrogen (secondary N) is 1. The van der Waals surface area contributed by atoms with Crippen LogP contribution < -0.4 is 10.2 Å². The Balaban J connectivity index is 1.99. The number of nitrogens with zero attached hydrogens (tertiary/aromatic N) is 5. The van der Waals surface area contributed by atoms with Crippen LogP contribution in [0.15, 0.2) is 18.2 Å². The zero-order chi connectivity index (χ0) is 22.2. The molecule has 13 nitrogen and oxygen atoms in total. The van der Waals surface area contributed by atoms with E-state index in [0.717, 1.165) is 4.90 Å². The summed E-state index contributed by atoms with van der Waals surface area (Å²) in [5, 5.41) is 36.2. The second kappa shape index (κ2) is 7.69. The zero-order valence-electron chi connectivity index (χ0n) is 16.0. The monoisotopic (exact) mass is 418 g/mol. The van der Waals surface area contributed by atoms with Gasteiger partial charge in [-0.15, -0.1) is 5.10 Å². The first-order chi connectivity index (χ1) is 14.1. The number of carbonyl (C=O) groups excluding carboxylic acids is 1. The highest BCUT2D eigenvalue weighted by Crippen LogP contribution is 2.29. The van der Waals surface area contributed by atoms with E-state index >= 15 is 0 Å². The Morgan fingerprint density at radius 1 is 1.23 bits per heavy atom. The first-order valence-electron chi connectivity index (χ1n) is 8.69. The van der Waals surface area contributed by atoms with Crippen molar-refractivity contribution in [2.45, 2.75) is 13.0 Å². The van der Waals surface area contributed by atoms with Crippen molar-refractivity contribution in [3.63, 3.8) is 0 Å². The molecule has 0 aliphatic carbocycles. The molecule has 2 amide bonds. The van der Waals surface area contributed by atoms with Gasteiger partial charge < -0.3 is 25.3 Å². The van der Waals surface area contributed by atoms with Gasteiger partial charge in [0.15, 0.2) is 5.82 Å². The Hall–Kier alpha value is -4.16. The van der Waals surface area contributed by atoms with E-state index in [-0.39, 0.29) is 42.1 Å². The summed E-state index contributed by atoms with van der Waals surface area (Å²) in [6.07, 6.45) is -2.50. The third-order valence-electron chi connectivity index (χ3n) is 4.68. The molecule has 3 N–H and O–H groups in total. The molecule has 0 fully saturated rings. The molecule has 1 aromatic carbocycles. The van der Waals surface area contributed by atoms with Crippen molar-refractivity contribution in [1.29, 1.82) is 0 Å². The molecular weight excluding hydrogens is 400 g/mol. The quantitative estimate of drug-likeness (QED) is 0.493. The van der Waals surface area contributed by atoms with E-state index in [9.17, 15) is 34.7 Å². The molecule has 0 saturated carbocycles. The molecule has 0 atom stereocenters. The SMILES string of the molecule is CN(C)c1ccc(C(=O)Nc2nn(C(=O)O)c3c2CN(C(=O)O)CC3)c([N+](=O)[O-])c1. The van der Waals surface area contributed by atoms with Crippen LogP contribution in [0.3, 0.4) is 0 Å². The Morgan fingerprint density at radius 3 is 2.50 bits per heavy atom. The molecule has 0 unspecified atom stereocenters. The molecule has 0 saturated heterocycles. The van der Waals surface area contributed by atoms with Gasteiger partial charge in [0.1, 0.15) is 5.56 Å². The van der Waals surface area contributed by atoms with Crippen molar-refractivity contribution in [1.82, 2.24) is 14.7 Å². The highest BCUT2D eigenvalue weighted by molar-refractivity contribution is 6.07. The van der Waals surface area contributed by atoms with Crippen molar-refractivity contribution in [2.24, 2.45) is 0 Å². The number of aromatic nitrogens is 2. The lowest BCUT2D eigenvalue weighted by molar-refractivity contribution is -0.385. The molecule has 3 rings (SSSR count). The first-order valence-corrected chi connectivity index (χ1v) is 8.69. The second-order valence-electron chi connectivity index (χ2n) is 6.73. The van der Waals surface area contributed by atoms with Gasteiger partial charge in [0.2, 0.25) is 0 Å². The number of hydrogen-bond acceptors (Lipinski definition) is 7. The first kappa shape index (κ1) is 20.6. The summed E-state index contributed by atoms with van der Waals surface area (Å²) >= 11 is 0. The highest BCUT2D eigenvalue weighted by atomic mass is 16.6. The molecule has 13 heteroatoms. The van der Waals surface area contributed by atoms with Crippen LogP contribution in [0, 0.1) is 10.1 Å². The van der Waals surface area contributed by atoms with E-state index < -0.39 is 28.7 Å². The van der Waals surface area contributed by atoms with Gasteiger partial charge in [-0.2, -0.15) is 4.68 Å². The van der Waals surface area contributed by atoms with Crippen molar-refractivity contribution < 1.29 is 29.5 Å². The number of hydrogen-bond donors (Lipinski definition) is 3. The molecular formula is C17H18N6O7. The van der Waals surface area contributed by atoms with Crippen LogP contribution in [0.25, 0.3) is 0 Å². The maximum Gasteiger partial charge on any atom is 0.432 e. The normalized spacial score (nSPS) is 12.8. The van der Waals surface area contributed by atoms with Gasteiger partial charge in [0.25, 0.3) is 11.6 Å². The number of rotatable bonds is 4. The topological polar surface area (TPSA) is 171 Å². The molecule has 0 spiro atoms. The molecule has 2 heterocycles. The van der Waals surface area contributed by atoms with E-state index in [1.54, 1.807) is 19.0 Å². The Morgan fingerprint density at radius 2 is 1.93 bits per heavy atom. The number of carbonyl (C=O) groups is 3. The summed E-state index contributed by atoms with van der Waals surface area (Å²) in [6.45, 7) is -0.0959. The molecule has 0 radical (unpaired) electrons. The van der Waals surface area contributed by atoms with E-state index in [0.29, 0.717) is 10.4 Å². The molecule has 158 valence electrons. The van der Waals surface area contributed by atoms with Crippen molar-refractivity contribution in [3.05, 3.63) is 45.1 Å². The van der Waals surface area contributed by atoms with E-state index in [1.165, 1.54) is 18.2 Å². The van der Waals surface area contributed by atoms with Crippen molar-refractivity contribution in [2.75, 3.05) is 30.9 Å². The Kier molecular flexibility index (Phi) is 5.27. The second-order valence-corrected chi connectivity index (χ2v) is 6.73. The van der Waals surface area contributed by atoms with Crippen molar-refractivity contribution in [3.8, 4) is 0 Å². The molecule has 1 aliphatic heterocycles. The fourth-order valence-electron chi connectivity index (χ4n) is 3.16. The van der Waals surface area contributed by atoms with Crippen LogP contribution in [0.1, 0.15) is 21.6 Å². The van der Waals surface area contributed by atoms with E-state index in [1.807, 2.05) is 0 Å². The standard InChI is InChI=1S/C17H18N6O7/c1-20(2)9-3-4-10(13(7-9)23(29)30)15(24)18-14-11-8-21(16(25)26)6-5-12(11)22(19-14)17(27)28/h3-4,7H,5-6,8H2,1-2H3,(H,25,26)(H,27,28)(H,18,19,24). The molecule has 1 aliphatic rings. The third-order valence-corrected chi connectivity index (χ3v) is 4.68. The van der Waals surface area contributed by atoms with Crippen molar-refractivity contribution >= 4 is 35.3 Å². The fourth-order valence-corrected chi connectivity index (χ4v) is 3.16. The van der Waals surface area contributed by atoms with Gasteiger partial charge in [-0.25, -0.2) is 9.59 Å². The highest BCUT2D eigenvalue weighted by Gasteiger charge is 2.31. The number of carboxylic acid groups (broad SMARTS) is 2. The van der Waals surface area contributed by atoms with Gasteiger partial charge in [-0.3, -0.25) is 14.9 Å². The number of anilines is 2. The summed E-state index contributed by atoms with van der Waals surface area (Å²) in [5.74, 6) is -1.02. The largest absolute Gasteiger partial charge is 0.465 e. The summed E-state index contributed by atoms with van der Waals surface area (Å²) < 4.78 is 0.674. The van der Waals surface area contributed by atoms with E-state index in [4.69, 9.17) is 0 Å². The maximum atomic E-state index is 12.7. The van der Waals surface area contributed by atoms with Crippen LogP contribution in [0.2, 0.25) is 0 Å². The predicted octanol–water partition coefficient (Wildman–Crippen LogP) is 1.67. The van der Waals surface area contributed by atoms with Gasteiger partial charge >= 0.3 is 12.2 Å². The van der Waals surface area contributed by atoms with E-state index in [2.05, 4.69) is 10.4 Å². The van der Waals surface area contributed by atoms with Crippen LogP contribution in [0.5, 0.6) is 0 Å². The predicted molar refractivity (Wildman–Crippen MR) is 103 cm³/mol. The fraction of sp³-hybridized carbons (Fsp3) is 0.294. The summed E-state index contributed by atoms with van der Waals surface area (Å²) in [5.41, 5.74) is 0.329. The Labute approximate surface area is 169 Å². The number of amides is 2.